The zero-order valence-corrected chi connectivity index (χ0v) is 14.8. The summed E-state index contributed by atoms with van der Waals surface area (Å²) in [5.41, 5.74) is 3.47. The van der Waals surface area contributed by atoms with E-state index in [0.717, 1.165) is 17.1 Å². The van der Waals surface area contributed by atoms with Crippen molar-refractivity contribution in [3.8, 4) is 5.69 Å². The number of para-hydroxylation sites is 2. The number of nitrogens with one attached hydrogen (secondary N) is 1. The summed E-state index contributed by atoms with van der Waals surface area (Å²) in [7, 11) is 0. The minimum Gasteiger partial charge on any atom is -0.379 e. The summed E-state index contributed by atoms with van der Waals surface area (Å²) in [6.07, 6.45) is 3.12. The van der Waals surface area contributed by atoms with Gasteiger partial charge in [-0.25, -0.2) is 9.67 Å². The molecule has 26 heavy (non-hydrogen) atoms. The van der Waals surface area contributed by atoms with Crippen molar-refractivity contribution in [3.63, 3.8) is 0 Å². The maximum atomic E-state index is 13.2. The molecule has 2 heterocycles. The number of carbonyl (C=O) groups is 1. The lowest BCUT2D eigenvalue weighted by atomic mass is 9.99. The number of fused-ring (bicyclic) bond motifs is 1. The van der Waals surface area contributed by atoms with Gasteiger partial charge in [0.15, 0.2) is 0 Å². The zero-order chi connectivity index (χ0) is 18.1. The molecule has 1 atom stereocenters. The molecule has 0 saturated heterocycles. The molecule has 0 saturated carbocycles. The Morgan fingerprint density at radius 2 is 1.92 bits per heavy atom. The first kappa shape index (κ1) is 16.3. The predicted octanol–water partition coefficient (Wildman–Crippen LogP) is 3.36. The molecule has 3 aromatic rings. The molecule has 0 spiro atoms. The Kier molecular flexibility index (Phi) is 4.16. The van der Waals surface area contributed by atoms with E-state index in [0.29, 0.717) is 18.0 Å². The maximum absolute atomic E-state index is 13.2. The van der Waals surface area contributed by atoms with Gasteiger partial charge in [0.05, 0.1) is 17.1 Å². The van der Waals surface area contributed by atoms with Gasteiger partial charge in [-0.2, -0.15) is 5.10 Å². The van der Waals surface area contributed by atoms with E-state index in [-0.39, 0.29) is 11.9 Å². The number of hydrogen-bond acceptors (Lipinski definition) is 4. The fourth-order valence-electron chi connectivity index (χ4n) is 3.20. The maximum Gasteiger partial charge on any atom is 0.258 e. The van der Waals surface area contributed by atoms with E-state index in [1.165, 1.54) is 6.33 Å². The summed E-state index contributed by atoms with van der Waals surface area (Å²) < 4.78 is 1.67. The Labute approximate surface area is 152 Å². The first-order chi connectivity index (χ1) is 12.6. The fraction of sp³-hybridized carbons (Fsp3) is 0.250. The fourth-order valence-corrected chi connectivity index (χ4v) is 3.20. The summed E-state index contributed by atoms with van der Waals surface area (Å²) in [5.74, 6) is 0.433. The van der Waals surface area contributed by atoms with E-state index in [4.69, 9.17) is 0 Å². The molecule has 1 N–H and O–H groups in total. The average Bonchev–Trinajstić information content (AvgIpc) is 3.21. The second-order valence-electron chi connectivity index (χ2n) is 6.81. The van der Waals surface area contributed by atoms with Gasteiger partial charge in [0.2, 0.25) is 0 Å². The predicted molar refractivity (Wildman–Crippen MR) is 102 cm³/mol. The molecule has 1 aliphatic heterocycles. The Morgan fingerprint density at radius 3 is 2.62 bits per heavy atom. The summed E-state index contributed by atoms with van der Waals surface area (Å²) >= 11 is 0. The van der Waals surface area contributed by atoms with Crippen LogP contribution in [-0.4, -0.2) is 33.3 Å². The van der Waals surface area contributed by atoms with Crippen molar-refractivity contribution >= 4 is 17.3 Å². The lowest BCUT2D eigenvalue weighted by molar-refractivity contribution is 0.0983. The van der Waals surface area contributed by atoms with Gasteiger partial charge >= 0.3 is 0 Å². The number of amides is 1. The highest BCUT2D eigenvalue weighted by Crippen LogP contribution is 2.33. The minimum atomic E-state index is 0.00902. The van der Waals surface area contributed by atoms with Crippen LogP contribution in [0.15, 0.2) is 61.2 Å². The van der Waals surface area contributed by atoms with Gasteiger partial charge in [0.1, 0.15) is 12.7 Å². The number of hydrogen-bond donors (Lipinski definition) is 1. The molecule has 0 bridgehead atoms. The molecule has 2 aromatic carbocycles. The van der Waals surface area contributed by atoms with Gasteiger partial charge in [-0.1, -0.05) is 26.0 Å². The van der Waals surface area contributed by atoms with Crippen LogP contribution in [0.25, 0.3) is 5.69 Å². The van der Waals surface area contributed by atoms with E-state index in [9.17, 15) is 4.79 Å². The van der Waals surface area contributed by atoms with Crippen molar-refractivity contribution in [1.82, 2.24) is 14.8 Å². The summed E-state index contributed by atoms with van der Waals surface area (Å²) in [5, 5.41) is 7.66. The van der Waals surface area contributed by atoms with E-state index in [1.54, 1.807) is 11.0 Å². The third kappa shape index (κ3) is 2.94. The van der Waals surface area contributed by atoms with Crippen molar-refractivity contribution in [2.24, 2.45) is 5.92 Å². The Balaban J connectivity index is 1.64. The van der Waals surface area contributed by atoms with Crippen molar-refractivity contribution in [3.05, 3.63) is 66.7 Å². The average molecular weight is 347 g/mol. The van der Waals surface area contributed by atoms with Crippen molar-refractivity contribution in [2.45, 2.75) is 19.9 Å². The van der Waals surface area contributed by atoms with Crippen LogP contribution in [0.4, 0.5) is 11.4 Å². The Hall–Kier alpha value is -3.15. The monoisotopic (exact) mass is 347 g/mol. The van der Waals surface area contributed by atoms with Crippen LogP contribution >= 0.6 is 0 Å². The van der Waals surface area contributed by atoms with Crippen LogP contribution < -0.4 is 10.2 Å². The summed E-state index contributed by atoms with van der Waals surface area (Å²) in [6.45, 7) is 4.99. The standard InChI is InChI=1S/C20H21N5O/c1-14(2)18-11-24(19-6-4-3-5-17(19)23-18)20(26)15-7-9-16(10-8-15)25-13-21-12-22-25/h3-10,12-14,18,23H,11H2,1-2H3/t18-/m1/s1. The molecular weight excluding hydrogens is 326 g/mol. The first-order valence-electron chi connectivity index (χ1n) is 8.76. The highest BCUT2D eigenvalue weighted by atomic mass is 16.2. The Bertz CT molecular complexity index is 902. The van der Waals surface area contributed by atoms with E-state index in [2.05, 4.69) is 29.2 Å². The highest BCUT2D eigenvalue weighted by molar-refractivity contribution is 6.08. The van der Waals surface area contributed by atoms with Gasteiger partial charge in [0.25, 0.3) is 5.91 Å². The molecular formula is C20H21N5O. The van der Waals surface area contributed by atoms with E-state index in [1.807, 2.05) is 53.4 Å². The van der Waals surface area contributed by atoms with Crippen LogP contribution in [0.5, 0.6) is 0 Å². The third-order valence-electron chi connectivity index (χ3n) is 4.76. The van der Waals surface area contributed by atoms with E-state index >= 15 is 0 Å². The number of benzene rings is 2. The molecule has 6 nitrogen and oxygen atoms in total. The van der Waals surface area contributed by atoms with Crippen LogP contribution in [0.2, 0.25) is 0 Å². The molecule has 6 heteroatoms. The topological polar surface area (TPSA) is 63.1 Å². The number of rotatable bonds is 3. The van der Waals surface area contributed by atoms with Gasteiger partial charge in [0, 0.05) is 18.2 Å². The number of aromatic nitrogens is 3. The smallest absolute Gasteiger partial charge is 0.258 e. The summed E-state index contributed by atoms with van der Waals surface area (Å²) in [6, 6.07) is 15.6. The van der Waals surface area contributed by atoms with Gasteiger partial charge in [-0.15, -0.1) is 0 Å². The molecule has 1 aliphatic rings. The molecule has 0 unspecified atom stereocenters. The van der Waals surface area contributed by atoms with Gasteiger partial charge in [-0.3, -0.25) is 4.79 Å². The molecule has 0 radical (unpaired) electrons. The van der Waals surface area contributed by atoms with Crippen molar-refractivity contribution < 1.29 is 4.79 Å². The van der Waals surface area contributed by atoms with Crippen LogP contribution in [0.3, 0.4) is 0 Å². The number of anilines is 2. The normalized spacial score (nSPS) is 16.3. The quantitative estimate of drug-likeness (QED) is 0.789. The van der Waals surface area contributed by atoms with Gasteiger partial charge < -0.3 is 10.2 Å². The SMILES string of the molecule is CC(C)[C@H]1CN(C(=O)c2ccc(-n3cncn3)cc2)c2ccccc2N1. The van der Waals surface area contributed by atoms with Crippen LogP contribution in [0.1, 0.15) is 24.2 Å². The van der Waals surface area contributed by atoms with Crippen LogP contribution in [0, 0.1) is 5.92 Å². The second-order valence-corrected chi connectivity index (χ2v) is 6.81. The lowest BCUT2D eigenvalue weighted by Crippen LogP contribution is -2.47. The second kappa shape index (κ2) is 6.63. The van der Waals surface area contributed by atoms with Crippen molar-refractivity contribution in [1.29, 1.82) is 0 Å². The molecule has 0 aliphatic carbocycles. The van der Waals surface area contributed by atoms with Gasteiger partial charge in [-0.05, 0) is 42.3 Å². The molecule has 1 amide bonds. The molecule has 1 aromatic heterocycles. The largest absolute Gasteiger partial charge is 0.379 e. The van der Waals surface area contributed by atoms with E-state index < -0.39 is 0 Å². The molecule has 0 fully saturated rings. The highest BCUT2D eigenvalue weighted by Gasteiger charge is 2.29. The minimum absolute atomic E-state index is 0.00902. The number of carbonyl (C=O) groups excluding carboxylic acids is 1. The third-order valence-corrected chi connectivity index (χ3v) is 4.76. The van der Waals surface area contributed by atoms with Crippen LogP contribution in [-0.2, 0) is 0 Å². The molecule has 4 rings (SSSR count). The first-order valence-corrected chi connectivity index (χ1v) is 8.76. The Morgan fingerprint density at radius 1 is 1.15 bits per heavy atom. The lowest BCUT2D eigenvalue weighted by Gasteiger charge is -2.37. The zero-order valence-electron chi connectivity index (χ0n) is 14.8. The summed E-state index contributed by atoms with van der Waals surface area (Å²) in [4.78, 5) is 19.0. The number of nitrogens with zero attached hydrogens (tertiary/aromatic N) is 4. The van der Waals surface area contributed by atoms with Crippen molar-refractivity contribution in [2.75, 3.05) is 16.8 Å². The molecule has 132 valence electrons.